The Labute approximate surface area is 170 Å². The third-order valence-corrected chi connectivity index (χ3v) is 5.79. The van der Waals surface area contributed by atoms with Crippen molar-refractivity contribution in [1.82, 2.24) is 4.90 Å². The Bertz CT molecular complexity index is 852. The van der Waals surface area contributed by atoms with Gasteiger partial charge in [0, 0.05) is 28.0 Å². The van der Waals surface area contributed by atoms with Crippen LogP contribution in [0.15, 0.2) is 46.9 Å². The molecule has 1 atom stereocenters. The van der Waals surface area contributed by atoms with Crippen molar-refractivity contribution in [2.75, 3.05) is 11.9 Å². The van der Waals surface area contributed by atoms with Gasteiger partial charge in [-0.05, 0) is 42.3 Å². The highest BCUT2D eigenvalue weighted by molar-refractivity contribution is 9.10. The summed E-state index contributed by atoms with van der Waals surface area (Å²) < 4.78 is 0.962. The van der Waals surface area contributed by atoms with Gasteiger partial charge in [0.25, 0.3) is 5.91 Å². The Morgan fingerprint density at radius 2 is 1.62 bits per heavy atom. The Morgan fingerprint density at radius 3 is 2.15 bits per heavy atom. The van der Waals surface area contributed by atoms with E-state index in [2.05, 4.69) is 15.9 Å². The van der Waals surface area contributed by atoms with Crippen LogP contribution in [0.3, 0.4) is 0 Å². The molecular formula is C19H17BrCl2N2O2. The lowest BCUT2D eigenvalue weighted by Gasteiger charge is -2.31. The number of carbonyl (C=O) groups is 2. The molecule has 1 saturated heterocycles. The minimum Gasteiger partial charge on any atom is -0.312 e. The maximum atomic E-state index is 13.3. The highest BCUT2D eigenvalue weighted by Crippen LogP contribution is 2.37. The molecule has 0 N–H and O–H groups in total. The van der Waals surface area contributed by atoms with Crippen LogP contribution in [0, 0.1) is 0 Å². The predicted octanol–water partition coefficient (Wildman–Crippen LogP) is 5.55. The summed E-state index contributed by atoms with van der Waals surface area (Å²) in [6.45, 7) is 1.91. The number of nitrogens with zero attached hydrogens (tertiary/aromatic N) is 2. The Morgan fingerprint density at radius 1 is 1.04 bits per heavy atom. The number of amides is 3. The molecule has 2 aromatic rings. The first kappa shape index (κ1) is 19.2. The monoisotopic (exact) mass is 454 g/mol. The van der Waals surface area contributed by atoms with Gasteiger partial charge in [-0.15, -0.1) is 0 Å². The Balaban J connectivity index is 2.02. The summed E-state index contributed by atoms with van der Waals surface area (Å²) in [5.74, 6) is -0.270. The molecule has 1 aliphatic heterocycles. The molecule has 1 aliphatic rings. The van der Waals surface area contributed by atoms with Crippen molar-refractivity contribution in [1.29, 1.82) is 0 Å². The quantitative estimate of drug-likeness (QED) is 0.567. The number of halogens is 3. The second kappa shape index (κ2) is 7.22. The lowest BCUT2D eigenvalue weighted by molar-refractivity contribution is -0.124. The van der Waals surface area contributed by atoms with Gasteiger partial charge in [0.2, 0.25) is 0 Å². The zero-order valence-electron chi connectivity index (χ0n) is 14.3. The minimum atomic E-state index is -0.945. The molecule has 0 aliphatic carbocycles. The SMILES string of the molecule is CCC1(Cc2ccc(Br)cc2)C(=O)N(c2cc(Cl)cc(Cl)c2)C(=O)N1C. The summed E-state index contributed by atoms with van der Waals surface area (Å²) >= 11 is 15.5. The summed E-state index contributed by atoms with van der Waals surface area (Å²) in [5, 5.41) is 0.746. The Hall–Kier alpha value is -1.56. The van der Waals surface area contributed by atoms with Gasteiger partial charge in [0.1, 0.15) is 5.54 Å². The summed E-state index contributed by atoms with van der Waals surface area (Å²) in [6.07, 6.45) is 0.928. The third-order valence-electron chi connectivity index (χ3n) is 4.82. The average Bonchev–Trinajstić information content (AvgIpc) is 2.77. The van der Waals surface area contributed by atoms with E-state index < -0.39 is 5.54 Å². The van der Waals surface area contributed by atoms with E-state index in [-0.39, 0.29) is 11.9 Å². The van der Waals surface area contributed by atoms with E-state index in [0.717, 1.165) is 10.0 Å². The minimum absolute atomic E-state index is 0.270. The van der Waals surface area contributed by atoms with Crippen LogP contribution in [-0.2, 0) is 11.2 Å². The first-order valence-corrected chi connectivity index (χ1v) is 9.66. The van der Waals surface area contributed by atoms with Gasteiger partial charge in [-0.3, -0.25) is 4.79 Å². The molecule has 1 fully saturated rings. The van der Waals surface area contributed by atoms with Gasteiger partial charge < -0.3 is 4.90 Å². The number of benzene rings is 2. The summed E-state index contributed by atoms with van der Waals surface area (Å²) in [5.41, 5.74) is 0.421. The molecule has 7 heteroatoms. The summed E-state index contributed by atoms with van der Waals surface area (Å²) in [4.78, 5) is 28.9. The standard InChI is InChI=1S/C19H17BrCl2N2O2/c1-3-19(11-12-4-6-13(20)7-5-12)17(25)24(18(26)23(19)2)16-9-14(21)8-15(22)10-16/h4-10H,3,11H2,1-2H3. The number of rotatable bonds is 4. The van der Waals surface area contributed by atoms with E-state index in [1.807, 2.05) is 31.2 Å². The first-order chi connectivity index (χ1) is 12.3. The van der Waals surface area contributed by atoms with Crippen LogP contribution in [0.5, 0.6) is 0 Å². The van der Waals surface area contributed by atoms with Crippen LogP contribution < -0.4 is 4.90 Å². The number of hydrogen-bond donors (Lipinski definition) is 0. The molecule has 4 nitrogen and oxygen atoms in total. The highest BCUT2D eigenvalue weighted by atomic mass is 79.9. The lowest BCUT2D eigenvalue weighted by atomic mass is 9.87. The smallest absolute Gasteiger partial charge is 0.312 e. The van der Waals surface area contributed by atoms with Gasteiger partial charge >= 0.3 is 6.03 Å². The Kier molecular flexibility index (Phi) is 5.33. The van der Waals surface area contributed by atoms with Crippen LogP contribution in [0.2, 0.25) is 10.0 Å². The third kappa shape index (κ3) is 3.24. The zero-order chi connectivity index (χ0) is 19.1. The molecule has 0 aromatic heterocycles. The van der Waals surface area contributed by atoms with Crippen molar-refractivity contribution in [3.8, 4) is 0 Å². The maximum absolute atomic E-state index is 13.3. The molecule has 3 rings (SSSR count). The fourth-order valence-electron chi connectivity index (χ4n) is 3.32. The average molecular weight is 456 g/mol. The van der Waals surface area contributed by atoms with Gasteiger partial charge in [-0.1, -0.05) is 58.2 Å². The predicted molar refractivity (Wildman–Crippen MR) is 108 cm³/mol. The second-order valence-electron chi connectivity index (χ2n) is 6.30. The van der Waals surface area contributed by atoms with Gasteiger partial charge in [-0.2, -0.15) is 0 Å². The van der Waals surface area contributed by atoms with E-state index in [1.165, 1.54) is 9.80 Å². The van der Waals surface area contributed by atoms with Gasteiger partial charge in [0.15, 0.2) is 0 Å². The highest BCUT2D eigenvalue weighted by Gasteiger charge is 2.55. The van der Waals surface area contributed by atoms with Crippen molar-refractivity contribution < 1.29 is 9.59 Å². The molecule has 0 saturated carbocycles. The fraction of sp³-hybridized carbons (Fsp3) is 0.263. The number of carbonyl (C=O) groups excluding carboxylic acids is 2. The summed E-state index contributed by atoms with van der Waals surface area (Å²) in [6, 6.07) is 12.1. The normalized spacial score (nSPS) is 20.2. The molecule has 3 amide bonds. The number of imide groups is 1. The van der Waals surface area contributed by atoms with Crippen molar-refractivity contribution in [2.45, 2.75) is 25.3 Å². The number of urea groups is 1. The van der Waals surface area contributed by atoms with Crippen molar-refractivity contribution in [2.24, 2.45) is 0 Å². The second-order valence-corrected chi connectivity index (χ2v) is 8.09. The van der Waals surface area contributed by atoms with Gasteiger partial charge in [0.05, 0.1) is 5.69 Å². The van der Waals surface area contributed by atoms with Crippen molar-refractivity contribution in [3.05, 3.63) is 62.5 Å². The topological polar surface area (TPSA) is 40.6 Å². The van der Waals surface area contributed by atoms with Crippen LogP contribution in [0.1, 0.15) is 18.9 Å². The molecule has 0 radical (unpaired) electrons. The van der Waals surface area contributed by atoms with E-state index in [1.54, 1.807) is 25.2 Å². The lowest BCUT2D eigenvalue weighted by Crippen LogP contribution is -2.49. The molecule has 0 bridgehead atoms. The molecule has 2 aromatic carbocycles. The molecule has 0 spiro atoms. The summed E-state index contributed by atoms with van der Waals surface area (Å²) in [7, 11) is 1.66. The number of likely N-dealkylation sites (N-methyl/N-ethyl adjacent to an activating group) is 1. The van der Waals surface area contributed by atoms with Crippen molar-refractivity contribution >= 4 is 56.8 Å². The van der Waals surface area contributed by atoms with E-state index in [0.29, 0.717) is 28.6 Å². The maximum Gasteiger partial charge on any atom is 0.332 e. The molecule has 26 heavy (non-hydrogen) atoms. The van der Waals surface area contributed by atoms with Crippen molar-refractivity contribution in [3.63, 3.8) is 0 Å². The largest absolute Gasteiger partial charge is 0.332 e. The fourth-order valence-corrected chi connectivity index (χ4v) is 4.09. The van der Waals surface area contributed by atoms with Gasteiger partial charge in [-0.25, -0.2) is 9.69 Å². The number of hydrogen-bond acceptors (Lipinski definition) is 2. The van der Waals surface area contributed by atoms with E-state index >= 15 is 0 Å². The molecule has 136 valence electrons. The zero-order valence-corrected chi connectivity index (χ0v) is 17.4. The van der Waals surface area contributed by atoms with Crippen LogP contribution >= 0.6 is 39.1 Å². The molecule has 1 heterocycles. The van der Waals surface area contributed by atoms with E-state index in [4.69, 9.17) is 23.2 Å². The number of anilines is 1. The van der Waals surface area contributed by atoms with E-state index in [9.17, 15) is 9.59 Å². The molecule has 1 unspecified atom stereocenters. The van der Waals surface area contributed by atoms with Crippen LogP contribution in [0.25, 0.3) is 0 Å². The van der Waals surface area contributed by atoms with Crippen LogP contribution in [0.4, 0.5) is 10.5 Å². The van der Waals surface area contributed by atoms with Crippen LogP contribution in [-0.4, -0.2) is 29.4 Å². The first-order valence-electron chi connectivity index (χ1n) is 8.11. The molecular weight excluding hydrogens is 439 g/mol.